The number of hydrogen-bond acceptors (Lipinski definition) is 4. The van der Waals surface area contributed by atoms with Gasteiger partial charge >= 0.3 is 6.09 Å². The van der Waals surface area contributed by atoms with Gasteiger partial charge in [-0.25, -0.2) is 4.79 Å². The molecule has 0 bridgehead atoms. The lowest BCUT2D eigenvalue weighted by atomic mass is 10.0. The number of nitrogens with zero attached hydrogens (tertiary/aromatic N) is 1. The molecule has 6 nitrogen and oxygen atoms in total. The van der Waals surface area contributed by atoms with Crippen LogP contribution in [-0.2, 0) is 17.8 Å². The van der Waals surface area contributed by atoms with Gasteiger partial charge in [0.1, 0.15) is 6.04 Å². The minimum atomic E-state index is -1.12. The van der Waals surface area contributed by atoms with Crippen molar-refractivity contribution in [3.8, 4) is 0 Å². The zero-order chi connectivity index (χ0) is 25.1. The van der Waals surface area contributed by atoms with Crippen molar-refractivity contribution in [2.75, 3.05) is 5.32 Å². The molecule has 4 aromatic rings. The molecule has 4 N–H and O–H groups in total. The summed E-state index contributed by atoms with van der Waals surface area (Å²) in [5.41, 5.74) is 9.74. The molecule has 1 heterocycles. The molecule has 0 spiro atoms. The summed E-state index contributed by atoms with van der Waals surface area (Å²) >= 11 is 1.66. The molecule has 36 heavy (non-hydrogen) atoms. The van der Waals surface area contributed by atoms with Crippen LogP contribution < -0.4 is 11.1 Å². The predicted molar refractivity (Wildman–Crippen MR) is 144 cm³/mol. The number of amides is 2. The average Bonchev–Trinajstić information content (AvgIpc) is 3.48. The summed E-state index contributed by atoms with van der Waals surface area (Å²) in [6.45, 7) is 0.136. The fraction of sp³-hybridized carbons (Fsp3) is 0.241. The van der Waals surface area contributed by atoms with Gasteiger partial charge in [0.05, 0.1) is 0 Å². The molecule has 3 aromatic carbocycles. The van der Waals surface area contributed by atoms with Crippen molar-refractivity contribution < 1.29 is 14.7 Å². The van der Waals surface area contributed by atoms with Crippen LogP contribution in [0.15, 0.2) is 84.2 Å². The Kier molecular flexibility index (Phi) is 7.02. The van der Waals surface area contributed by atoms with Gasteiger partial charge in [-0.1, -0.05) is 60.7 Å². The van der Waals surface area contributed by atoms with Crippen molar-refractivity contribution >= 4 is 39.1 Å². The molecule has 2 amide bonds. The van der Waals surface area contributed by atoms with E-state index in [1.54, 1.807) is 11.3 Å². The van der Waals surface area contributed by atoms with Gasteiger partial charge in [0.25, 0.3) is 0 Å². The molecule has 1 saturated carbocycles. The molecule has 1 aliphatic carbocycles. The van der Waals surface area contributed by atoms with Crippen LogP contribution in [0.4, 0.5) is 10.5 Å². The lowest BCUT2D eigenvalue weighted by Gasteiger charge is -2.29. The van der Waals surface area contributed by atoms with E-state index >= 15 is 0 Å². The van der Waals surface area contributed by atoms with Crippen LogP contribution in [0, 0.1) is 0 Å². The number of aryl methyl sites for hydroxylation is 1. The Bertz CT molecular complexity index is 1350. The summed E-state index contributed by atoms with van der Waals surface area (Å²) < 4.78 is 1.18. The summed E-state index contributed by atoms with van der Waals surface area (Å²) in [6, 6.07) is 24.6. The first-order chi connectivity index (χ1) is 17.5. The second kappa shape index (κ2) is 10.5. The Morgan fingerprint density at radius 3 is 2.42 bits per heavy atom. The summed E-state index contributed by atoms with van der Waals surface area (Å²) in [5, 5.41) is 16.3. The Morgan fingerprint density at radius 1 is 1.03 bits per heavy atom. The second-order valence-electron chi connectivity index (χ2n) is 9.32. The molecule has 0 radical (unpaired) electrons. The first-order valence-corrected chi connectivity index (χ1v) is 13.0. The Hall–Kier alpha value is -3.68. The zero-order valence-electron chi connectivity index (χ0n) is 19.8. The van der Waals surface area contributed by atoms with Crippen LogP contribution in [0.5, 0.6) is 0 Å². The number of nitrogens with one attached hydrogen (secondary N) is 1. The third kappa shape index (κ3) is 5.42. The molecule has 0 saturated heterocycles. The number of benzene rings is 3. The zero-order valence-corrected chi connectivity index (χ0v) is 20.7. The smallest absolute Gasteiger partial charge is 0.408 e. The van der Waals surface area contributed by atoms with Crippen LogP contribution in [0.2, 0.25) is 0 Å². The summed E-state index contributed by atoms with van der Waals surface area (Å²) in [7, 11) is 0. The molecular weight excluding hydrogens is 470 g/mol. The fourth-order valence-electron chi connectivity index (χ4n) is 4.68. The first-order valence-electron chi connectivity index (χ1n) is 12.1. The molecule has 1 aromatic heterocycles. The van der Waals surface area contributed by atoms with Crippen LogP contribution in [0.25, 0.3) is 10.1 Å². The minimum absolute atomic E-state index is 0.136. The molecule has 1 aliphatic rings. The number of carboxylic acid groups (broad SMARTS) is 1. The average molecular weight is 500 g/mol. The van der Waals surface area contributed by atoms with E-state index in [1.807, 2.05) is 66.7 Å². The highest BCUT2D eigenvalue weighted by Gasteiger charge is 2.35. The minimum Gasteiger partial charge on any atom is -0.465 e. The molecular formula is C29H29N3O3S. The standard InChI is InChI=1S/C29H29N3O3S/c30-25-16-24(25)20-10-13-22(14-11-20)31-28(33)26(32(29(34)35)17-19-6-2-1-3-7-19)15-12-21-18-36-27-9-5-4-8-23(21)27/h1-11,13-14,18,24-26H,12,15-17,30H2,(H,31,33)(H,34,35)/t24-,25+,26?/m0/s1. The topological polar surface area (TPSA) is 95.7 Å². The highest BCUT2D eigenvalue weighted by molar-refractivity contribution is 7.17. The van der Waals surface area contributed by atoms with E-state index < -0.39 is 12.1 Å². The lowest BCUT2D eigenvalue weighted by molar-refractivity contribution is -0.121. The van der Waals surface area contributed by atoms with Crippen molar-refractivity contribution in [2.24, 2.45) is 5.73 Å². The SMILES string of the molecule is N[C@@H]1C[C@H]1c1ccc(NC(=O)C(CCc2csc3ccccc23)N(Cc2ccccc2)C(=O)O)cc1. The monoisotopic (exact) mass is 499 g/mol. The molecule has 1 fully saturated rings. The normalized spacial score (nSPS) is 17.5. The van der Waals surface area contributed by atoms with E-state index in [-0.39, 0.29) is 18.5 Å². The number of thiophene rings is 1. The number of carbonyl (C=O) groups is 2. The van der Waals surface area contributed by atoms with E-state index in [0.29, 0.717) is 24.4 Å². The highest BCUT2D eigenvalue weighted by Crippen LogP contribution is 2.39. The van der Waals surface area contributed by atoms with Gasteiger partial charge in [-0.3, -0.25) is 9.69 Å². The van der Waals surface area contributed by atoms with Crippen molar-refractivity contribution in [3.05, 3.63) is 101 Å². The van der Waals surface area contributed by atoms with Gasteiger partial charge in [-0.15, -0.1) is 11.3 Å². The van der Waals surface area contributed by atoms with E-state index in [1.165, 1.54) is 9.60 Å². The van der Waals surface area contributed by atoms with Crippen molar-refractivity contribution in [2.45, 2.75) is 43.8 Å². The number of anilines is 1. The van der Waals surface area contributed by atoms with E-state index in [4.69, 9.17) is 5.73 Å². The van der Waals surface area contributed by atoms with Gasteiger partial charge < -0.3 is 16.2 Å². The number of rotatable bonds is 9. The van der Waals surface area contributed by atoms with Crippen LogP contribution >= 0.6 is 11.3 Å². The maximum Gasteiger partial charge on any atom is 0.408 e. The second-order valence-corrected chi connectivity index (χ2v) is 10.2. The van der Waals surface area contributed by atoms with Gasteiger partial charge in [0, 0.05) is 28.9 Å². The number of hydrogen-bond donors (Lipinski definition) is 3. The fourth-order valence-corrected chi connectivity index (χ4v) is 5.67. The predicted octanol–water partition coefficient (Wildman–Crippen LogP) is 5.84. The molecule has 5 rings (SSSR count). The van der Waals surface area contributed by atoms with Crippen molar-refractivity contribution in [3.63, 3.8) is 0 Å². The third-order valence-corrected chi connectivity index (χ3v) is 7.83. The van der Waals surface area contributed by atoms with Gasteiger partial charge in [0.15, 0.2) is 0 Å². The van der Waals surface area contributed by atoms with Crippen LogP contribution in [0.3, 0.4) is 0 Å². The van der Waals surface area contributed by atoms with Crippen LogP contribution in [0.1, 0.15) is 35.4 Å². The number of fused-ring (bicyclic) bond motifs is 1. The van der Waals surface area contributed by atoms with Crippen molar-refractivity contribution in [1.82, 2.24) is 4.90 Å². The summed E-state index contributed by atoms with van der Waals surface area (Å²) in [4.78, 5) is 27.1. The first kappa shape index (κ1) is 24.0. The maximum absolute atomic E-state index is 13.5. The van der Waals surface area contributed by atoms with Gasteiger partial charge in [-0.2, -0.15) is 0 Å². The molecule has 1 unspecified atom stereocenters. The van der Waals surface area contributed by atoms with Gasteiger partial charge in [0.2, 0.25) is 5.91 Å². The largest absolute Gasteiger partial charge is 0.465 e. The third-order valence-electron chi connectivity index (χ3n) is 6.81. The van der Waals surface area contributed by atoms with Crippen LogP contribution in [-0.4, -0.2) is 34.1 Å². The Balaban J connectivity index is 1.37. The Labute approximate surface area is 214 Å². The summed E-state index contributed by atoms with van der Waals surface area (Å²) in [5.74, 6) is 0.0556. The molecule has 7 heteroatoms. The lowest BCUT2D eigenvalue weighted by Crippen LogP contribution is -2.46. The van der Waals surface area contributed by atoms with E-state index in [9.17, 15) is 14.7 Å². The van der Waals surface area contributed by atoms with E-state index in [2.05, 4.69) is 22.8 Å². The molecule has 0 aliphatic heterocycles. The van der Waals surface area contributed by atoms with E-state index in [0.717, 1.165) is 28.5 Å². The van der Waals surface area contributed by atoms with Crippen molar-refractivity contribution in [1.29, 1.82) is 0 Å². The van der Waals surface area contributed by atoms with Gasteiger partial charge in [-0.05, 0) is 64.9 Å². The quantitative estimate of drug-likeness (QED) is 0.270. The highest BCUT2D eigenvalue weighted by atomic mass is 32.1. The summed E-state index contributed by atoms with van der Waals surface area (Å²) in [6.07, 6.45) is 0.838. The molecule has 184 valence electrons. The number of carbonyl (C=O) groups excluding carboxylic acids is 1. The number of nitrogens with two attached hydrogens (primary N) is 1. The molecule has 3 atom stereocenters. The Morgan fingerprint density at radius 2 is 1.72 bits per heavy atom. The maximum atomic E-state index is 13.5.